The number of nitrogens with zero attached hydrogens (tertiary/aromatic N) is 2. The minimum atomic E-state index is -4.46. The summed E-state index contributed by atoms with van der Waals surface area (Å²) < 4.78 is 54.5. The van der Waals surface area contributed by atoms with Crippen molar-refractivity contribution in [3.05, 3.63) is 82.4 Å². The van der Waals surface area contributed by atoms with Gasteiger partial charge in [0, 0.05) is 23.8 Å². The molecule has 4 rings (SSSR count). The first-order valence-corrected chi connectivity index (χ1v) is 11.5. The van der Waals surface area contributed by atoms with E-state index in [1.54, 1.807) is 6.07 Å². The summed E-state index contributed by atoms with van der Waals surface area (Å²) in [6, 6.07) is 9.55. The van der Waals surface area contributed by atoms with Gasteiger partial charge in [0.25, 0.3) is 0 Å². The van der Waals surface area contributed by atoms with Gasteiger partial charge < -0.3 is 5.32 Å². The molecule has 35 heavy (non-hydrogen) atoms. The number of halogens is 5. The fraction of sp³-hybridized carbons (Fsp3) is 0.360. The highest BCUT2D eigenvalue weighted by atomic mass is 35.5. The lowest BCUT2D eigenvalue weighted by atomic mass is 9.90. The first-order chi connectivity index (χ1) is 16.3. The van der Waals surface area contributed by atoms with E-state index in [1.807, 2.05) is 37.7 Å². The van der Waals surface area contributed by atoms with Crippen LogP contribution in [0.3, 0.4) is 0 Å². The van der Waals surface area contributed by atoms with Crippen molar-refractivity contribution in [1.82, 2.24) is 15.1 Å². The average Bonchev–Trinajstić information content (AvgIpc) is 3.43. The molecule has 186 valence electrons. The van der Waals surface area contributed by atoms with Gasteiger partial charge in [-0.15, -0.1) is 0 Å². The molecule has 5 nitrogen and oxygen atoms in total. The van der Waals surface area contributed by atoms with Gasteiger partial charge in [0.15, 0.2) is 0 Å². The monoisotopic (exact) mass is 508 g/mol. The highest BCUT2D eigenvalue weighted by Gasteiger charge is 2.40. The van der Waals surface area contributed by atoms with Crippen LogP contribution < -0.4 is 10.6 Å². The SMILES string of the molecule is CC(C)(C)n1ccc(C2C[C@@H](C(=O)Nc3ccc(C(F)(F)F)cc3)N[C@H]2c2ccc(Cl)c(F)c2)n1. The summed E-state index contributed by atoms with van der Waals surface area (Å²) in [5, 5.41) is 10.6. The van der Waals surface area contributed by atoms with Crippen molar-refractivity contribution in [2.75, 3.05) is 5.32 Å². The lowest BCUT2D eigenvalue weighted by Crippen LogP contribution is -2.36. The number of aromatic nitrogens is 2. The van der Waals surface area contributed by atoms with Crippen molar-refractivity contribution >= 4 is 23.2 Å². The summed E-state index contributed by atoms with van der Waals surface area (Å²) in [5.74, 6) is -1.22. The molecule has 0 radical (unpaired) electrons. The van der Waals surface area contributed by atoms with Crippen molar-refractivity contribution < 1.29 is 22.4 Å². The molecule has 0 aliphatic carbocycles. The molecule has 0 spiro atoms. The van der Waals surface area contributed by atoms with Crippen LogP contribution >= 0.6 is 11.6 Å². The van der Waals surface area contributed by atoms with Gasteiger partial charge in [0.1, 0.15) is 5.82 Å². The highest BCUT2D eigenvalue weighted by molar-refractivity contribution is 6.30. The maximum absolute atomic E-state index is 14.2. The second-order valence-electron chi connectivity index (χ2n) is 9.63. The average molecular weight is 509 g/mol. The predicted molar refractivity (Wildman–Crippen MR) is 126 cm³/mol. The molecule has 3 aromatic rings. The lowest BCUT2D eigenvalue weighted by molar-refractivity contribution is -0.137. The van der Waals surface area contributed by atoms with Crippen LogP contribution in [-0.2, 0) is 16.5 Å². The smallest absolute Gasteiger partial charge is 0.325 e. The van der Waals surface area contributed by atoms with Gasteiger partial charge in [0.2, 0.25) is 5.91 Å². The number of benzene rings is 2. The van der Waals surface area contributed by atoms with E-state index < -0.39 is 35.5 Å². The third-order valence-electron chi connectivity index (χ3n) is 6.05. The van der Waals surface area contributed by atoms with Crippen LogP contribution in [0.5, 0.6) is 0 Å². The third-order valence-corrected chi connectivity index (χ3v) is 6.36. The predicted octanol–water partition coefficient (Wildman–Crippen LogP) is 6.27. The number of hydrogen-bond acceptors (Lipinski definition) is 3. The van der Waals surface area contributed by atoms with E-state index in [4.69, 9.17) is 16.7 Å². The number of carbonyl (C=O) groups excluding carboxylic acids is 1. The maximum Gasteiger partial charge on any atom is 0.416 e. The molecule has 1 aliphatic heterocycles. The molecular weight excluding hydrogens is 484 g/mol. The van der Waals surface area contributed by atoms with Crippen LogP contribution in [0.4, 0.5) is 23.2 Å². The van der Waals surface area contributed by atoms with Crippen molar-refractivity contribution in [1.29, 1.82) is 0 Å². The Morgan fingerprint density at radius 2 is 1.80 bits per heavy atom. The Bertz CT molecular complexity index is 1220. The highest BCUT2D eigenvalue weighted by Crippen LogP contribution is 2.41. The molecule has 1 unspecified atom stereocenters. The second kappa shape index (κ2) is 9.28. The summed E-state index contributed by atoms with van der Waals surface area (Å²) >= 11 is 5.86. The molecule has 1 aromatic heterocycles. The molecule has 1 aliphatic rings. The quantitative estimate of drug-likeness (QED) is 0.408. The number of carbonyl (C=O) groups is 1. The van der Waals surface area contributed by atoms with E-state index in [9.17, 15) is 22.4 Å². The van der Waals surface area contributed by atoms with Gasteiger partial charge in [-0.2, -0.15) is 18.3 Å². The van der Waals surface area contributed by atoms with Gasteiger partial charge in [-0.3, -0.25) is 14.8 Å². The molecule has 3 atom stereocenters. The zero-order valence-corrected chi connectivity index (χ0v) is 20.1. The minimum absolute atomic E-state index is 0.00287. The Kier molecular flexibility index (Phi) is 6.68. The second-order valence-corrected chi connectivity index (χ2v) is 10.0. The summed E-state index contributed by atoms with van der Waals surface area (Å²) in [7, 11) is 0. The Balaban J connectivity index is 1.59. The van der Waals surface area contributed by atoms with Crippen LogP contribution in [0.2, 0.25) is 5.02 Å². The fourth-order valence-electron chi connectivity index (χ4n) is 4.18. The van der Waals surface area contributed by atoms with Gasteiger partial charge >= 0.3 is 6.18 Å². The molecule has 2 heterocycles. The molecule has 10 heteroatoms. The Labute approximate surface area is 205 Å². The van der Waals surface area contributed by atoms with E-state index in [1.165, 1.54) is 24.3 Å². The van der Waals surface area contributed by atoms with E-state index in [0.717, 1.165) is 17.8 Å². The van der Waals surface area contributed by atoms with Crippen LogP contribution in [0.15, 0.2) is 54.7 Å². The Morgan fingerprint density at radius 3 is 2.37 bits per heavy atom. The zero-order chi connectivity index (χ0) is 25.5. The summed E-state index contributed by atoms with van der Waals surface area (Å²) in [5.41, 5.74) is 0.573. The molecule has 2 aromatic carbocycles. The summed E-state index contributed by atoms with van der Waals surface area (Å²) in [6.45, 7) is 6.05. The van der Waals surface area contributed by atoms with Gasteiger partial charge in [-0.25, -0.2) is 4.39 Å². The lowest BCUT2D eigenvalue weighted by Gasteiger charge is -2.21. The van der Waals surface area contributed by atoms with E-state index in [-0.39, 0.29) is 22.2 Å². The van der Waals surface area contributed by atoms with Gasteiger partial charge in [-0.1, -0.05) is 17.7 Å². The van der Waals surface area contributed by atoms with Crippen LogP contribution in [0, 0.1) is 5.82 Å². The number of anilines is 1. The topological polar surface area (TPSA) is 59.0 Å². The molecule has 0 bridgehead atoms. The van der Waals surface area contributed by atoms with Crippen LogP contribution in [-0.4, -0.2) is 21.7 Å². The van der Waals surface area contributed by atoms with E-state index in [0.29, 0.717) is 12.0 Å². The number of alkyl halides is 3. The number of rotatable bonds is 4. The van der Waals surface area contributed by atoms with Crippen molar-refractivity contribution in [3.63, 3.8) is 0 Å². The normalized spacial score (nSPS) is 20.7. The molecule has 2 N–H and O–H groups in total. The molecule has 0 saturated carbocycles. The van der Waals surface area contributed by atoms with Crippen molar-refractivity contribution in [3.8, 4) is 0 Å². The maximum atomic E-state index is 14.2. The fourth-order valence-corrected chi connectivity index (χ4v) is 4.30. The van der Waals surface area contributed by atoms with Crippen LogP contribution in [0.1, 0.15) is 56.0 Å². The number of amides is 1. The Morgan fingerprint density at radius 1 is 1.11 bits per heavy atom. The summed E-state index contributed by atoms with van der Waals surface area (Å²) in [6.07, 6.45) is -2.23. The zero-order valence-electron chi connectivity index (χ0n) is 19.3. The molecule has 1 amide bonds. The molecule has 1 saturated heterocycles. The van der Waals surface area contributed by atoms with E-state index >= 15 is 0 Å². The summed E-state index contributed by atoms with van der Waals surface area (Å²) in [4.78, 5) is 13.0. The largest absolute Gasteiger partial charge is 0.416 e. The van der Waals surface area contributed by atoms with Gasteiger partial charge in [-0.05, 0) is 75.2 Å². The van der Waals surface area contributed by atoms with Crippen molar-refractivity contribution in [2.24, 2.45) is 0 Å². The van der Waals surface area contributed by atoms with Gasteiger partial charge in [0.05, 0.1) is 27.9 Å². The number of hydrogen-bond donors (Lipinski definition) is 2. The molecule has 1 fully saturated rings. The first-order valence-electron chi connectivity index (χ1n) is 11.1. The van der Waals surface area contributed by atoms with Crippen LogP contribution in [0.25, 0.3) is 0 Å². The minimum Gasteiger partial charge on any atom is -0.325 e. The molecular formula is C25H25ClF4N4O. The van der Waals surface area contributed by atoms with E-state index in [2.05, 4.69) is 10.6 Å². The Hall–Kier alpha value is -2.91. The first kappa shape index (κ1) is 25.2. The standard InChI is InChI=1S/C25H25ClF4N4O/c1-24(2,3)34-11-10-20(33-34)17-13-21(32-22(17)14-4-9-18(26)19(27)12-14)23(35)31-16-7-5-15(6-8-16)25(28,29)30/h4-12,17,21-22,32H,13H2,1-3H3,(H,31,35)/t17?,21-,22-/m0/s1. The third kappa shape index (κ3) is 5.51. The number of nitrogens with one attached hydrogen (secondary N) is 2. The van der Waals surface area contributed by atoms with Crippen molar-refractivity contribution in [2.45, 2.75) is 56.9 Å².